The number of amides is 3. The minimum absolute atomic E-state index is 0.0449. The zero-order valence-corrected chi connectivity index (χ0v) is 18.3. The van der Waals surface area contributed by atoms with Gasteiger partial charge in [0.2, 0.25) is 0 Å². The van der Waals surface area contributed by atoms with Crippen molar-refractivity contribution in [2.24, 2.45) is 0 Å². The number of urea groups is 1. The fourth-order valence-electron chi connectivity index (χ4n) is 2.72. The van der Waals surface area contributed by atoms with Gasteiger partial charge in [0.15, 0.2) is 0 Å². The molecule has 0 radical (unpaired) electrons. The first kappa shape index (κ1) is 21.8. The van der Waals surface area contributed by atoms with Gasteiger partial charge in [-0.25, -0.2) is 9.78 Å². The van der Waals surface area contributed by atoms with Gasteiger partial charge in [-0.1, -0.05) is 41.9 Å². The molecule has 6 nitrogen and oxygen atoms in total. The van der Waals surface area contributed by atoms with Crippen LogP contribution in [0.15, 0.2) is 60.0 Å². The van der Waals surface area contributed by atoms with Crippen LogP contribution in [0.1, 0.15) is 34.9 Å². The summed E-state index contributed by atoms with van der Waals surface area (Å²) in [7, 11) is 0. The standard InChI is InChI=1S/C22H23ClN4O2S/c1-15(2)27(22(29)25-18-10-8-17(23)9-11-18)13-20-26-19(14-30-20)21(28)24-12-16-6-4-3-5-7-16/h3-11,14-15H,12-13H2,1-2H3,(H,24,28)(H,25,29). The number of hydrogen-bond acceptors (Lipinski definition) is 4. The fourth-order valence-corrected chi connectivity index (χ4v) is 3.62. The second-order valence-electron chi connectivity index (χ2n) is 6.95. The molecule has 0 aliphatic rings. The van der Waals surface area contributed by atoms with Crippen molar-refractivity contribution in [1.29, 1.82) is 0 Å². The molecule has 1 heterocycles. The van der Waals surface area contributed by atoms with E-state index >= 15 is 0 Å². The summed E-state index contributed by atoms with van der Waals surface area (Å²) in [5, 5.41) is 8.74. The molecule has 0 fully saturated rings. The zero-order valence-electron chi connectivity index (χ0n) is 16.8. The third-order valence-corrected chi connectivity index (χ3v) is 5.45. The van der Waals surface area contributed by atoms with E-state index in [0.29, 0.717) is 34.5 Å². The molecule has 0 spiro atoms. The minimum Gasteiger partial charge on any atom is -0.347 e. The molecule has 0 bridgehead atoms. The van der Waals surface area contributed by atoms with Gasteiger partial charge < -0.3 is 15.5 Å². The van der Waals surface area contributed by atoms with Crippen molar-refractivity contribution in [2.45, 2.75) is 33.0 Å². The summed E-state index contributed by atoms with van der Waals surface area (Å²) >= 11 is 7.25. The molecule has 0 atom stereocenters. The minimum atomic E-state index is -0.238. The molecule has 0 unspecified atom stereocenters. The Labute approximate surface area is 184 Å². The van der Waals surface area contributed by atoms with Crippen LogP contribution in [-0.2, 0) is 13.1 Å². The van der Waals surface area contributed by atoms with Gasteiger partial charge in [-0.2, -0.15) is 0 Å². The lowest BCUT2D eigenvalue weighted by Gasteiger charge is -2.26. The number of halogens is 1. The van der Waals surface area contributed by atoms with Crippen LogP contribution in [0.3, 0.4) is 0 Å². The predicted molar refractivity (Wildman–Crippen MR) is 121 cm³/mol. The Morgan fingerprint density at radius 3 is 2.47 bits per heavy atom. The maximum Gasteiger partial charge on any atom is 0.322 e. The Hall–Kier alpha value is -2.90. The van der Waals surface area contributed by atoms with E-state index in [1.54, 1.807) is 34.5 Å². The number of nitrogens with one attached hydrogen (secondary N) is 2. The largest absolute Gasteiger partial charge is 0.347 e. The van der Waals surface area contributed by atoms with E-state index in [1.165, 1.54) is 11.3 Å². The van der Waals surface area contributed by atoms with E-state index in [1.807, 2.05) is 44.2 Å². The zero-order chi connectivity index (χ0) is 21.5. The molecular formula is C22H23ClN4O2S. The highest BCUT2D eigenvalue weighted by atomic mass is 35.5. The summed E-state index contributed by atoms with van der Waals surface area (Å²) in [5.74, 6) is -0.233. The van der Waals surface area contributed by atoms with E-state index in [2.05, 4.69) is 15.6 Å². The lowest BCUT2D eigenvalue weighted by Crippen LogP contribution is -2.39. The Morgan fingerprint density at radius 1 is 1.10 bits per heavy atom. The molecule has 0 saturated carbocycles. The summed E-state index contributed by atoms with van der Waals surface area (Å²) in [6.07, 6.45) is 0. The SMILES string of the molecule is CC(C)N(Cc1nc(C(=O)NCc2ccccc2)cs1)C(=O)Nc1ccc(Cl)cc1. The number of aromatic nitrogens is 1. The normalized spacial score (nSPS) is 10.7. The van der Waals surface area contributed by atoms with Crippen molar-refractivity contribution in [3.63, 3.8) is 0 Å². The van der Waals surface area contributed by atoms with E-state index in [4.69, 9.17) is 11.6 Å². The monoisotopic (exact) mass is 442 g/mol. The van der Waals surface area contributed by atoms with Gasteiger partial charge in [0.25, 0.3) is 5.91 Å². The summed E-state index contributed by atoms with van der Waals surface area (Å²) in [6.45, 7) is 4.62. The van der Waals surface area contributed by atoms with Crippen molar-refractivity contribution in [2.75, 3.05) is 5.32 Å². The molecule has 3 amide bonds. The molecule has 3 rings (SSSR count). The highest BCUT2D eigenvalue weighted by Crippen LogP contribution is 2.18. The fraction of sp³-hybridized carbons (Fsp3) is 0.227. The first-order valence-corrected chi connectivity index (χ1v) is 10.8. The lowest BCUT2D eigenvalue weighted by atomic mass is 10.2. The maximum atomic E-state index is 12.7. The van der Waals surface area contributed by atoms with Crippen molar-refractivity contribution in [3.8, 4) is 0 Å². The average Bonchev–Trinajstić information content (AvgIpc) is 3.21. The first-order valence-electron chi connectivity index (χ1n) is 9.52. The van der Waals surface area contributed by atoms with Gasteiger partial charge in [0, 0.05) is 28.7 Å². The van der Waals surface area contributed by atoms with Crippen LogP contribution < -0.4 is 10.6 Å². The molecule has 1 aromatic heterocycles. The van der Waals surface area contributed by atoms with Crippen LogP contribution in [0.2, 0.25) is 5.02 Å². The molecule has 2 N–H and O–H groups in total. The lowest BCUT2D eigenvalue weighted by molar-refractivity contribution is 0.0946. The number of anilines is 1. The number of rotatable bonds is 7. The highest BCUT2D eigenvalue weighted by molar-refractivity contribution is 7.09. The summed E-state index contributed by atoms with van der Waals surface area (Å²) in [6, 6.07) is 16.3. The topological polar surface area (TPSA) is 74.3 Å². The van der Waals surface area contributed by atoms with Crippen molar-refractivity contribution >= 4 is 40.6 Å². The Bertz CT molecular complexity index is 990. The Kier molecular flexibility index (Phi) is 7.43. The first-order chi connectivity index (χ1) is 14.4. The second-order valence-corrected chi connectivity index (χ2v) is 8.33. The van der Waals surface area contributed by atoms with Crippen molar-refractivity contribution < 1.29 is 9.59 Å². The molecule has 30 heavy (non-hydrogen) atoms. The number of thiazole rings is 1. The van der Waals surface area contributed by atoms with Crippen LogP contribution in [-0.4, -0.2) is 27.9 Å². The average molecular weight is 443 g/mol. The summed E-state index contributed by atoms with van der Waals surface area (Å²) < 4.78 is 0. The molecule has 2 aromatic carbocycles. The quantitative estimate of drug-likeness (QED) is 0.530. The Morgan fingerprint density at radius 2 is 1.80 bits per heavy atom. The van der Waals surface area contributed by atoms with Crippen molar-refractivity contribution in [1.82, 2.24) is 15.2 Å². The van der Waals surface area contributed by atoms with Gasteiger partial charge in [0.1, 0.15) is 10.7 Å². The van der Waals surface area contributed by atoms with Crippen molar-refractivity contribution in [3.05, 3.63) is 81.3 Å². The van der Waals surface area contributed by atoms with Gasteiger partial charge in [0.05, 0.1) is 6.54 Å². The van der Waals surface area contributed by atoms with Gasteiger partial charge in [-0.05, 0) is 43.7 Å². The second kappa shape index (κ2) is 10.2. The molecule has 0 aliphatic heterocycles. The van der Waals surface area contributed by atoms with E-state index < -0.39 is 0 Å². The van der Waals surface area contributed by atoms with Crippen LogP contribution in [0, 0.1) is 0 Å². The molecule has 0 saturated heterocycles. The summed E-state index contributed by atoms with van der Waals surface area (Å²) in [5.41, 5.74) is 2.04. The van der Waals surface area contributed by atoms with Gasteiger partial charge >= 0.3 is 6.03 Å². The number of hydrogen-bond donors (Lipinski definition) is 2. The van der Waals surface area contributed by atoms with Crippen LogP contribution >= 0.6 is 22.9 Å². The van der Waals surface area contributed by atoms with E-state index in [9.17, 15) is 9.59 Å². The number of nitrogens with zero attached hydrogens (tertiary/aromatic N) is 2. The number of benzene rings is 2. The third kappa shape index (κ3) is 6.05. The molecule has 8 heteroatoms. The highest BCUT2D eigenvalue weighted by Gasteiger charge is 2.20. The smallest absolute Gasteiger partial charge is 0.322 e. The predicted octanol–water partition coefficient (Wildman–Crippen LogP) is 5.17. The third-order valence-electron chi connectivity index (χ3n) is 4.37. The van der Waals surface area contributed by atoms with E-state index in [0.717, 1.165) is 5.56 Å². The van der Waals surface area contributed by atoms with Crippen LogP contribution in [0.4, 0.5) is 10.5 Å². The van der Waals surface area contributed by atoms with E-state index in [-0.39, 0.29) is 18.0 Å². The van der Waals surface area contributed by atoms with Gasteiger partial charge in [-0.3, -0.25) is 4.79 Å². The Balaban J connectivity index is 1.60. The van der Waals surface area contributed by atoms with Crippen LogP contribution in [0.25, 0.3) is 0 Å². The molecule has 0 aliphatic carbocycles. The maximum absolute atomic E-state index is 12.7. The number of carbonyl (C=O) groups excluding carboxylic acids is 2. The van der Waals surface area contributed by atoms with Crippen LogP contribution in [0.5, 0.6) is 0 Å². The molecule has 156 valence electrons. The molecular weight excluding hydrogens is 420 g/mol. The number of carbonyl (C=O) groups is 2. The molecule has 3 aromatic rings. The summed E-state index contributed by atoms with van der Waals surface area (Å²) in [4.78, 5) is 31.2. The van der Waals surface area contributed by atoms with Gasteiger partial charge in [-0.15, -0.1) is 11.3 Å².